The number of hydrogen-bond donors (Lipinski definition) is 1. The van der Waals surface area contributed by atoms with Crippen LogP contribution in [0.2, 0.25) is 0 Å². The van der Waals surface area contributed by atoms with Gasteiger partial charge in [0.1, 0.15) is 0 Å². The Hall–Kier alpha value is -0.550. The minimum Gasteiger partial charge on any atom is -0.388 e. The molecule has 3 atom stereocenters. The standard InChI is InChI=1S/C14H25NO/c1-6-13(5,10-15)14(16)8-11(2)7-12(3,4)9-14/h11,16H,6-9H2,1-5H3. The Bertz CT molecular complexity index is 304. The summed E-state index contributed by atoms with van der Waals surface area (Å²) in [7, 11) is 0. The Morgan fingerprint density at radius 2 is 2.00 bits per heavy atom. The lowest BCUT2D eigenvalue weighted by molar-refractivity contribution is -0.121. The van der Waals surface area contributed by atoms with Gasteiger partial charge in [-0.15, -0.1) is 0 Å². The molecule has 0 heterocycles. The molecule has 0 aromatic heterocycles. The molecule has 0 bridgehead atoms. The van der Waals surface area contributed by atoms with Gasteiger partial charge in [0.15, 0.2) is 0 Å². The molecule has 1 aliphatic rings. The lowest BCUT2D eigenvalue weighted by atomic mass is 9.57. The molecule has 0 radical (unpaired) electrons. The lowest BCUT2D eigenvalue weighted by Crippen LogP contribution is -2.52. The van der Waals surface area contributed by atoms with E-state index in [4.69, 9.17) is 0 Å². The van der Waals surface area contributed by atoms with E-state index in [1.807, 2.05) is 13.8 Å². The van der Waals surface area contributed by atoms with Crippen LogP contribution >= 0.6 is 0 Å². The Balaban J connectivity index is 3.05. The van der Waals surface area contributed by atoms with E-state index in [-0.39, 0.29) is 5.41 Å². The number of nitrogens with zero attached hydrogens (tertiary/aromatic N) is 1. The zero-order valence-corrected chi connectivity index (χ0v) is 11.3. The van der Waals surface area contributed by atoms with E-state index in [1.54, 1.807) is 0 Å². The van der Waals surface area contributed by atoms with Gasteiger partial charge in [-0.3, -0.25) is 0 Å². The topological polar surface area (TPSA) is 44.0 Å². The SMILES string of the molecule is CCC(C)(C#N)C1(O)CC(C)CC(C)(C)C1. The first-order chi connectivity index (χ1) is 7.18. The highest BCUT2D eigenvalue weighted by molar-refractivity contribution is 5.11. The van der Waals surface area contributed by atoms with Crippen LogP contribution in [-0.4, -0.2) is 10.7 Å². The van der Waals surface area contributed by atoms with Crippen molar-refractivity contribution in [2.75, 3.05) is 0 Å². The molecule has 1 saturated carbocycles. The van der Waals surface area contributed by atoms with E-state index in [0.29, 0.717) is 12.3 Å². The molecule has 0 amide bonds. The maximum absolute atomic E-state index is 10.9. The molecule has 1 N–H and O–H groups in total. The third-order valence-corrected chi connectivity index (χ3v) is 4.34. The summed E-state index contributed by atoms with van der Waals surface area (Å²) in [6.07, 6.45) is 3.35. The molecule has 2 nitrogen and oxygen atoms in total. The zero-order valence-electron chi connectivity index (χ0n) is 11.3. The summed E-state index contributed by atoms with van der Waals surface area (Å²) in [4.78, 5) is 0. The van der Waals surface area contributed by atoms with Crippen molar-refractivity contribution in [1.29, 1.82) is 5.26 Å². The summed E-state index contributed by atoms with van der Waals surface area (Å²) in [6, 6.07) is 2.35. The highest BCUT2D eigenvalue weighted by Gasteiger charge is 2.52. The lowest BCUT2D eigenvalue weighted by Gasteiger charge is -2.50. The fourth-order valence-electron chi connectivity index (χ4n) is 3.46. The first kappa shape index (κ1) is 13.5. The summed E-state index contributed by atoms with van der Waals surface area (Å²) in [5.74, 6) is 0.493. The number of aliphatic hydroxyl groups is 1. The maximum atomic E-state index is 10.9. The van der Waals surface area contributed by atoms with Gasteiger partial charge in [0.2, 0.25) is 0 Å². The molecule has 0 saturated heterocycles. The van der Waals surface area contributed by atoms with Gasteiger partial charge in [-0.1, -0.05) is 27.7 Å². The van der Waals surface area contributed by atoms with Crippen molar-refractivity contribution in [3.8, 4) is 6.07 Å². The summed E-state index contributed by atoms with van der Waals surface area (Å²) >= 11 is 0. The number of hydrogen-bond acceptors (Lipinski definition) is 2. The van der Waals surface area contributed by atoms with Crippen molar-refractivity contribution in [3.05, 3.63) is 0 Å². The molecule has 16 heavy (non-hydrogen) atoms. The molecule has 0 aromatic carbocycles. The van der Waals surface area contributed by atoms with Crippen LogP contribution in [0.15, 0.2) is 0 Å². The van der Waals surface area contributed by atoms with Gasteiger partial charge in [-0.2, -0.15) is 5.26 Å². The van der Waals surface area contributed by atoms with E-state index < -0.39 is 11.0 Å². The predicted molar refractivity (Wildman–Crippen MR) is 65.8 cm³/mol. The van der Waals surface area contributed by atoms with Gasteiger partial charge < -0.3 is 5.11 Å². The maximum Gasteiger partial charge on any atom is 0.0838 e. The molecule has 0 aromatic rings. The molecule has 92 valence electrons. The van der Waals surface area contributed by atoms with Gasteiger partial charge in [-0.05, 0) is 43.9 Å². The molecular weight excluding hydrogens is 198 g/mol. The second-order valence-electron chi connectivity index (χ2n) is 6.68. The number of rotatable bonds is 2. The minimum absolute atomic E-state index is 0.139. The third kappa shape index (κ3) is 2.25. The second kappa shape index (κ2) is 4.04. The van der Waals surface area contributed by atoms with Crippen LogP contribution in [-0.2, 0) is 0 Å². The van der Waals surface area contributed by atoms with Crippen molar-refractivity contribution in [3.63, 3.8) is 0 Å². The third-order valence-electron chi connectivity index (χ3n) is 4.34. The molecule has 0 spiro atoms. The van der Waals surface area contributed by atoms with Crippen LogP contribution in [0.1, 0.15) is 60.3 Å². The molecule has 2 heteroatoms. The van der Waals surface area contributed by atoms with E-state index in [9.17, 15) is 10.4 Å². The van der Waals surface area contributed by atoms with Crippen LogP contribution in [0.5, 0.6) is 0 Å². The van der Waals surface area contributed by atoms with Gasteiger partial charge in [0.05, 0.1) is 17.1 Å². The Labute approximate surface area is 99.7 Å². The normalized spacial score (nSPS) is 37.4. The zero-order chi connectivity index (χ0) is 12.6. The first-order valence-corrected chi connectivity index (χ1v) is 6.32. The first-order valence-electron chi connectivity index (χ1n) is 6.32. The van der Waals surface area contributed by atoms with Crippen molar-refractivity contribution in [2.24, 2.45) is 16.7 Å². The predicted octanol–water partition coefficient (Wildman–Crippen LogP) is 3.50. The van der Waals surface area contributed by atoms with Crippen molar-refractivity contribution < 1.29 is 5.11 Å². The molecular formula is C14H25NO. The summed E-state index contributed by atoms with van der Waals surface area (Å²) in [5.41, 5.74) is -1.30. The van der Waals surface area contributed by atoms with Crippen LogP contribution in [0.3, 0.4) is 0 Å². The van der Waals surface area contributed by atoms with Crippen LogP contribution in [0.4, 0.5) is 0 Å². The van der Waals surface area contributed by atoms with Gasteiger partial charge in [0.25, 0.3) is 0 Å². The van der Waals surface area contributed by atoms with Crippen LogP contribution in [0, 0.1) is 28.1 Å². The van der Waals surface area contributed by atoms with Crippen molar-refractivity contribution in [1.82, 2.24) is 0 Å². The average molecular weight is 223 g/mol. The average Bonchev–Trinajstić information content (AvgIpc) is 2.12. The van der Waals surface area contributed by atoms with Gasteiger partial charge >= 0.3 is 0 Å². The highest BCUT2D eigenvalue weighted by Crippen LogP contribution is 2.51. The fraction of sp³-hybridized carbons (Fsp3) is 0.929. The quantitative estimate of drug-likeness (QED) is 0.778. The van der Waals surface area contributed by atoms with Crippen LogP contribution in [0.25, 0.3) is 0 Å². The summed E-state index contributed by atoms with van der Waals surface area (Å²) < 4.78 is 0. The molecule has 0 aliphatic heterocycles. The van der Waals surface area contributed by atoms with E-state index in [0.717, 1.165) is 19.3 Å². The second-order valence-corrected chi connectivity index (χ2v) is 6.68. The Kier molecular flexibility index (Phi) is 3.41. The van der Waals surface area contributed by atoms with Crippen molar-refractivity contribution >= 4 is 0 Å². The summed E-state index contributed by atoms with van der Waals surface area (Å²) in [6.45, 7) is 10.5. The summed E-state index contributed by atoms with van der Waals surface area (Å²) in [5, 5.41) is 20.2. The van der Waals surface area contributed by atoms with E-state index >= 15 is 0 Å². The molecule has 1 rings (SSSR count). The smallest absolute Gasteiger partial charge is 0.0838 e. The van der Waals surface area contributed by atoms with Gasteiger partial charge in [0, 0.05) is 0 Å². The Morgan fingerprint density at radius 1 is 1.44 bits per heavy atom. The minimum atomic E-state index is -0.822. The Morgan fingerprint density at radius 3 is 2.38 bits per heavy atom. The highest BCUT2D eigenvalue weighted by atomic mass is 16.3. The van der Waals surface area contributed by atoms with Gasteiger partial charge in [-0.25, -0.2) is 0 Å². The largest absolute Gasteiger partial charge is 0.388 e. The fourth-order valence-corrected chi connectivity index (χ4v) is 3.46. The molecule has 1 aliphatic carbocycles. The molecule has 3 unspecified atom stereocenters. The van der Waals surface area contributed by atoms with E-state index in [2.05, 4.69) is 26.8 Å². The van der Waals surface area contributed by atoms with E-state index in [1.165, 1.54) is 0 Å². The van der Waals surface area contributed by atoms with Crippen LogP contribution < -0.4 is 0 Å². The monoisotopic (exact) mass is 223 g/mol. The molecule has 1 fully saturated rings. The number of nitriles is 1. The van der Waals surface area contributed by atoms with Crippen molar-refractivity contribution in [2.45, 2.75) is 65.9 Å².